The van der Waals surface area contributed by atoms with E-state index in [-0.39, 0.29) is 0 Å². The summed E-state index contributed by atoms with van der Waals surface area (Å²) in [5, 5.41) is 4.32. The summed E-state index contributed by atoms with van der Waals surface area (Å²) in [5.74, 6) is 0.818. The number of nitrogens with zero attached hydrogens (tertiary/aromatic N) is 2. The fraction of sp³-hybridized carbons (Fsp3) is 0.667. The van der Waals surface area contributed by atoms with Crippen LogP contribution < -0.4 is 5.73 Å². The van der Waals surface area contributed by atoms with Crippen molar-refractivity contribution in [1.82, 2.24) is 9.78 Å². The molecule has 1 aromatic heterocycles. The molecule has 1 aliphatic rings. The molecule has 0 radical (unpaired) electrons. The molecule has 0 bridgehead atoms. The first-order valence-electron chi connectivity index (χ1n) is 4.51. The molecule has 1 aliphatic carbocycles. The zero-order valence-corrected chi connectivity index (χ0v) is 10.1. The highest BCUT2D eigenvalue weighted by Crippen LogP contribution is 2.49. The van der Waals surface area contributed by atoms with Gasteiger partial charge < -0.3 is 5.73 Å². The fourth-order valence-electron chi connectivity index (χ4n) is 1.90. The van der Waals surface area contributed by atoms with Crippen LogP contribution in [0, 0.1) is 8.99 Å². The lowest BCUT2D eigenvalue weighted by Gasteiger charge is -2.44. The van der Waals surface area contributed by atoms with Crippen LogP contribution in [0.1, 0.15) is 32.7 Å². The van der Waals surface area contributed by atoms with Gasteiger partial charge in [-0.05, 0) is 40.8 Å². The molecular weight excluding hydrogens is 277 g/mol. The quantitative estimate of drug-likeness (QED) is 0.808. The summed E-state index contributed by atoms with van der Waals surface area (Å²) in [4.78, 5) is 0. The lowest BCUT2D eigenvalue weighted by atomic mass is 9.67. The smallest absolute Gasteiger partial charge is 0.135 e. The van der Waals surface area contributed by atoms with Gasteiger partial charge in [0.1, 0.15) is 5.82 Å². The normalized spacial score (nSPS) is 25.6. The highest BCUT2D eigenvalue weighted by molar-refractivity contribution is 14.1. The van der Waals surface area contributed by atoms with E-state index in [1.165, 1.54) is 12.8 Å². The SMILES string of the molecule is CC1(C)CCC1n1ncc(I)c1N. The van der Waals surface area contributed by atoms with E-state index in [4.69, 9.17) is 5.73 Å². The third-order valence-electron chi connectivity index (χ3n) is 3.05. The molecule has 2 rings (SSSR count). The Labute approximate surface area is 91.8 Å². The van der Waals surface area contributed by atoms with Gasteiger partial charge in [-0.2, -0.15) is 5.10 Å². The number of halogens is 1. The van der Waals surface area contributed by atoms with Gasteiger partial charge in [-0.1, -0.05) is 13.8 Å². The largest absolute Gasteiger partial charge is 0.383 e. The van der Waals surface area contributed by atoms with Crippen molar-refractivity contribution >= 4 is 28.4 Å². The minimum Gasteiger partial charge on any atom is -0.383 e. The van der Waals surface area contributed by atoms with E-state index >= 15 is 0 Å². The van der Waals surface area contributed by atoms with Gasteiger partial charge in [0.2, 0.25) is 0 Å². The maximum Gasteiger partial charge on any atom is 0.135 e. The maximum atomic E-state index is 5.93. The van der Waals surface area contributed by atoms with Crippen molar-refractivity contribution in [2.75, 3.05) is 5.73 Å². The summed E-state index contributed by atoms with van der Waals surface area (Å²) in [6.45, 7) is 4.55. The Balaban J connectivity index is 2.31. The lowest BCUT2D eigenvalue weighted by Crippen LogP contribution is -2.37. The minimum absolute atomic E-state index is 0.364. The standard InChI is InChI=1S/C9H14IN3/c1-9(2)4-3-7(9)13-8(11)6(10)5-12-13/h5,7H,3-4,11H2,1-2H3. The Hall–Kier alpha value is -0.260. The van der Waals surface area contributed by atoms with E-state index in [1.54, 1.807) is 0 Å². The molecule has 1 saturated carbocycles. The van der Waals surface area contributed by atoms with E-state index < -0.39 is 0 Å². The Morgan fingerprint density at radius 3 is 2.69 bits per heavy atom. The van der Waals surface area contributed by atoms with Crippen LogP contribution in [0.5, 0.6) is 0 Å². The van der Waals surface area contributed by atoms with Gasteiger partial charge in [0, 0.05) is 0 Å². The number of rotatable bonds is 1. The van der Waals surface area contributed by atoms with E-state index in [9.17, 15) is 0 Å². The van der Waals surface area contributed by atoms with Crippen LogP contribution in [-0.2, 0) is 0 Å². The highest BCUT2D eigenvalue weighted by atomic mass is 127. The summed E-state index contributed by atoms with van der Waals surface area (Å²) in [7, 11) is 0. The molecule has 2 N–H and O–H groups in total. The summed E-state index contributed by atoms with van der Waals surface area (Å²) in [5.41, 5.74) is 6.29. The van der Waals surface area contributed by atoms with Crippen molar-refractivity contribution in [3.05, 3.63) is 9.77 Å². The van der Waals surface area contributed by atoms with Gasteiger partial charge in [-0.3, -0.25) is 0 Å². The predicted molar refractivity (Wildman–Crippen MR) is 61.4 cm³/mol. The molecule has 0 aromatic carbocycles. The van der Waals surface area contributed by atoms with Crippen molar-refractivity contribution in [2.45, 2.75) is 32.7 Å². The second-order valence-electron chi connectivity index (χ2n) is 4.37. The van der Waals surface area contributed by atoms with Gasteiger partial charge in [0.15, 0.2) is 0 Å². The van der Waals surface area contributed by atoms with Gasteiger partial charge in [-0.25, -0.2) is 4.68 Å². The van der Waals surface area contributed by atoms with E-state index in [2.05, 4.69) is 41.5 Å². The molecule has 0 aliphatic heterocycles. The van der Waals surface area contributed by atoms with Gasteiger partial charge in [0.05, 0.1) is 15.8 Å². The fourth-order valence-corrected chi connectivity index (χ4v) is 2.27. The van der Waals surface area contributed by atoms with Crippen LogP contribution in [0.15, 0.2) is 6.20 Å². The molecule has 13 heavy (non-hydrogen) atoms. The molecule has 1 heterocycles. The van der Waals surface area contributed by atoms with Crippen LogP contribution in [-0.4, -0.2) is 9.78 Å². The van der Waals surface area contributed by atoms with Gasteiger partial charge in [0.25, 0.3) is 0 Å². The Morgan fingerprint density at radius 1 is 1.69 bits per heavy atom. The third kappa shape index (κ3) is 1.35. The summed E-state index contributed by atoms with van der Waals surface area (Å²) >= 11 is 2.22. The third-order valence-corrected chi connectivity index (χ3v) is 3.88. The van der Waals surface area contributed by atoms with Crippen molar-refractivity contribution in [2.24, 2.45) is 5.41 Å². The van der Waals surface area contributed by atoms with Crippen LogP contribution in [0.2, 0.25) is 0 Å². The molecular formula is C9H14IN3. The molecule has 1 atom stereocenters. The number of hydrogen-bond acceptors (Lipinski definition) is 2. The maximum absolute atomic E-state index is 5.93. The summed E-state index contributed by atoms with van der Waals surface area (Å²) in [6, 6.07) is 0.496. The average Bonchev–Trinajstić information content (AvgIpc) is 2.35. The van der Waals surface area contributed by atoms with Crippen molar-refractivity contribution in [1.29, 1.82) is 0 Å². The summed E-state index contributed by atoms with van der Waals surface area (Å²) in [6.07, 6.45) is 4.31. The Bertz CT molecular complexity index is 330. The van der Waals surface area contributed by atoms with Gasteiger partial charge >= 0.3 is 0 Å². The molecule has 1 fully saturated rings. The second-order valence-corrected chi connectivity index (χ2v) is 5.53. The first kappa shape index (κ1) is 9.30. The van der Waals surface area contributed by atoms with Crippen LogP contribution in [0.4, 0.5) is 5.82 Å². The summed E-state index contributed by atoms with van der Waals surface area (Å²) < 4.78 is 3.03. The zero-order chi connectivity index (χ0) is 9.64. The molecule has 3 nitrogen and oxygen atoms in total. The van der Waals surface area contributed by atoms with Crippen LogP contribution in [0.3, 0.4) is 0 Å². The zero-order valence-electron chi connectivity index (χ0n) is 7.92. The van der Waals surface area contributed by atoms with E-state index in [0.29, 0.717) is 11.5 Å². The molecule has 1 unspecified atom stereocenters. The van der Waals surface area contributed by atoms with Crippen LogP contribution in [0.25, 0.3) is 0 Å². The lowest BCUT2D eigenvalue weighted by molar-refractivity contribution is 0.0734. The average molecular weight is 291 g/mol. The minimum atomic E-state index is 0.364. The molecule has 4 heteroatoms. The number of anilines is 1. The van der Waals surface area contributed by atoms with Gasteiger partial charge in [-0.15, -0.1) is 0 Å². The number of nitrogens with two attached hydrogens (primary N) is 1. The first-order valence-corrected chi connectivity index (χ1v) is 5.59. The Kier molecular flexibility index (Phi) is 2.05. The molecule has 0 saturated heterocycles. The topological polar surface area (TPSA) is 43.8 Å². The second kappa shape index (κ2) is 2.87. The van der Waals surface area contributed by atoms with Crippen molar-refractivity contribution in [3.63, 3.8) is 0 Å². The Morgan fingerprint density at radius 2 is 2.38 bits per heavy atom. The molecule has 0 spiro atoms. The monoisotopic (exact) mass is 291 g/mol. The number of nitrogen functional groups attached to an aromatic ring is 1. The molecule has 72 valence electrons. The highest BCUT2D eigenvalue weighted by Gasteiger charge is 2.41. The van der Waals surface area contributed by atoms with E-state index in [1.807, 2.05) is 10.9 Å². The number of aromatic nitrogens is 2. The first-order chi connectivity index (χ1) is 6.02. The molecule has 1 aromatic rings. The van der Waals surface area contributed by atoms with Crippen molar-refractivity contribution < 1.29 is 0 Å². The van der Waals surface area contributed by atoms with Crippen molar-refractivity contribution in [3.8, 4) is 0 Å². The predicted octanol–water partition coefficient (Wildman–Crippen LogP) is 2.43. The van der Waals surface area contributed by atoms with Crippen LogP contribution >= 0.6 is 22.6 Å². The molecule has 0 amide bonds. The number of hydrogen-bond donors (Lipinski definition) is 1. The van der Waals surface area contributed by atoms with E-state index in [0.717, 1.165) is 9.39 Å².